The van der Waals surface area contributed by atoms with E-state index in [0.717, 1.165) is 32.4 Å². The van der Waals surface area contributed by atoms with E-state index in [0.29, 0.717) is 5.92 Å². The van der Waals surface area contributed by atoms with Crippen LogP contribution in [-0.4, -0.2) is 25.0 Å². The maximum Gasteiger partial charge on any atom is 0.174 e. The van der Waals surface area contributed by atoms with Crippen LogP contribution in [0.4, 0.5) is 0 Å². The normalized spacial score (nSPS) is 11.3. The monoisotopic (exact) mass is 331 g/mol. The first-order chi connectivity index (χ1) is 10.6. The van der Waals surface area contributed by atoms with Crippen molar-refractivity contribution in [2.24, 2.45) is 0 Å². The lowest BCUT2D eigenvalue weighted by Crippen LogP contribution is -2.02. The van der Waals surface area contributed by atoms with Crippen LogP contribution in [0, 0.1) is 6.92 Å². The fraction of sp³-hybridized carbons (Fsp3) is 0.333. The summed E-state index contributed by atoms with van der Waals surface area (Å²) < 4.78 is 2.89. The Hall–Kier alpha value is -1.73. The van der Waals surface area contributed by atoms with Crippen LogP contribution >= 0.6 is 23.1 Å². The summed E-state index contributed by atoms with van der Waals surface area (Å²) in [6.45, 7) is 6.18. The van der Waals surface area contributed by atoms with Crippen LogP contribution in [0.2, 0.25) is 0 Å². The second-order valence-electron chi connectivity index (χ2n) is 5.16. The number of aromatic nitrogens is 5. The van der Waals surface area contributed by atoms with E-state index in [4.69, 9.17) is 4.98 Å². The van der Waals surface area contributed by atoms with Gasteiger partial charge in [-0.05, 0) is 19.1 Å². The van der Waals surface area contributed by atoms with E-state index in [9.17, 15) is 0 Å². The Labute approximate surface area is 137 Å². The standard InChI is InChI=1S/C15H17N5S2/c1-10(2)14-16-13(9-21-15-18-17-11(3)22-15)20(19-14)12-7-5-4-6-8-12/h4-8,10H,9H2,1-3H3. The van der Waals surface area contributed by atoms with Gasteiger partial charge in [0.15, 0.2) is 10.2 Å². The van der Waals surface area contributed by atoms with Gasteiger partial charge < -0.3 is 0 Å². The summed E-state index contributed by atoms with van der Waals surface area (Å²) in [5.74, 6) is 2.83. The zero-order valence-corrected chi connectivity index (χ0v) is 14.4. The second kappa shape index (κ2) is 6.58. The highest BCUT2D eigenvalue weighted by Gasteiger charge is 2.15. The van der Waals surface area contributed by atoms with Crippen molar-refractivity contribution >= 4 is 23.1 Å². The van der Waals surface area contributed by atoms with E-state index in [1.165, 1.54) is 0 Å². The maximum atomic E-state index is 4.70. The summed E-state index contributed by atoms with van der Waals surface area (Å²) in [6.07, 6.45) is 0. The van der Waals surface area contributed by atoms with Gasteiger partial charge in [-0.2, -0.15) is 5.10 Å². The third kappa shape index (κ3) is 3.36. The topological polar surface area (TPSA) is 56.5 Å². The zero-order chi connectivity index (χ0) is 15.5. The first kappa shape index (κ1) is 15.2. The van der Waals surface area contributed by atoms with Gasteiger partial charge in [0.1, 0.15) is 10.8 Å². The molecule has 114 valence electrons. The number of para-hydroxylation sites is 1. The summed E-state index contributed by atoms with van der Waals surface area (Å²) in [4.78, 5) is 4.70. The van der Waals surface area contributed by atoms with Crippen LogP contribution in [0.25, 0.3) is 5.69 Å². The Bertz CT molecular complexity index is 748. The molecule has 0 aliphatic carbocycles. The zero-order valence-electron chi connectivity index (χ0n) is 12.7. The average Bonchev–Trinajstić information content (AvgIpc) is 3.12. The molecule has 0 saturated carbocycles. The molecule has 2 aromatic heterocycles. The Morgan fingerprint density at radius 3 is 2.59 bits per heavy atom. The van der Waals surface area contributed by atoms with Crippen LogP contribution in [0.3, 0.4) is 0 Å². The fourth-order valence-electron chi connectivity index (χ4n) is 1.94. The van der Waals surface area contributed by atoms with Crippen LogP contribution in [0.15, 0.2) is 34.7 Å². The highest BCUT2D eigenvalue weighted by molar-refractivity contribution is 8.00. The minimum atomic E-state index is 0.303. The third-order valence-electron chi connectivity index (χ3n) is 3.04. The third-order valence-corrected chi connectivity index (χ3v) is 5.01. The lowest BCUT2D eigenvalue weighted by Gasteiger charge is -2.04. The van der Waals surface area contributed by atoms with Crippen molar-refractivity contribution < 1.29 is 0 Å². The van der Waals surface area contributed by atoms with Gasteiger partial charge in [0.25, 0.3) is 0 Å². The van der Waals surface area contributed by atoms with Gasteiger partial charge in [-0.15, -0.1) is 10.2 Å². The molecule has 0 fully saturated rings. The van der Waals surface area contributed by atoms with Crippen LogP contribution in [0.1, 0.15) is 36.4 Å². The number of benzene rings is 1. The summed E-state index contributed by atoms with van der Waals surface area (Å²) in [6, 6.07) is 10.1. The van der Waals surface area contributed by atoms with Gasteiger partial charge in [-0.25, -0.2) is 9.67 Å². The largest absolute Gasteiger partial charge is 0.217 e. The van der Waals surface area contributed by atoms with E-state index in [-0.39, 0.29) is 0 Å². The van der Waals surface area contributed by atoms with E-state index in [1.54, 1.807) is 23.1 Å². The minimum absolute atomic E-state index is 0.303. The average molecular weight is 331 g/mol. The number of nitrogens with zero attached hydrogens (tertiary/aromatic N) is 5. The summed E-state index contributed by atoms with van der Waals surface area (Å²) in [5, 5.41) is 13.8. The fourth-order valence-corrected chi connectivity index (χ4v) is 3.67. The summed E-state index contributed by atoms with van der Waals surface area (Å²) in [5.41, 5.74) is 1.03. The van der Waals surface area contributed by atoms with Crippen molar-refractivity contribution in [2.45, 2.75) is 36.8 Å². The van der Waals surface area contributed by atoms with Gasteiger partial charge in [-0.1, -0.05) is 55.1 Å². The molecule has 0 saturated heterocycles. The molecule has 2 heterocycles. The smallest absolute Gasteiger partial charge is 0.174 e. The molecule has 3 rings (SSSR count). The number of thioether (sulfide) groups is 1. The number of rotatable bonds is 5. The number of hydrogen-bond acceptors (Lipinski definition) is 6. The van der Waals surface area contributed by atoms with Gasteiger partial charge in [0.05, 0.1) is 11.4 Å². The molecule has 3 aromatic rings. The molecule has 0 N–H and O–H groups in total. The Kier molecular flexibility index (Phi) is 4.54. The highest BCUT2D eigenvalue weighted by atomic mass is 32.2. The van der Waals surface area contributed by atoms with Crippen LogP contribution in [0.5, 0.6) is 0 Å². The Morgan fingerprint density at radius 2 is 1.95 bits per heavy atom. The molecular weight excluding hydrogens is 314 g/mol. The molecule has 0 unspecified atom stereocenters. The van der Waals surface area contributed by atoms with Crippen molar-refractivity contribution in [3.8, 4) is 5.69 Å². The maximum absolute atomic E-state index is 4.70. The molecule has 7 heteroatoms. The van der Waals surface area contributed by atoms with E-state index >= 15 is 0 Å². The molecule has 1 aromatic carbocycles. The lowest BCUT2D eigenvalue weighted by atomic mass is 10.2. The molecule has 0 aliphatic heterocycles. The van der Waals surface area contributed by atoms with Gasteiger partial charge in [0, 0.05) is 5.92 Å². The van der Waals surface area contributed by atoms with Crippen LogP contribution in [-0.2, 0) is 5.75 Å². The predicted octanol–water partition coefficient (Wildman–Crippen LogP) is 3.84. The molecular formula is C15H17N5S2. The molecule has 22 heavy (non-hydrogen) atoms. The number of aryl methyl sites for hydroxylation is 1. The van der Waals surface area contributed by atoms with E-state index < -0.39 is 0 Å². The minimum Gasteiger partial charge on any atom is -0.217 e. The van der Waals surface area contributed by atoms with Crippen molar-refractivity contribution in [3.05, 3.63) is 47.0 Å². The number of hydrogen-bond donors (Lipinski definition) is 0. The first-order valence-electron chi connectivity index (χ1n) is 7.07. The quantitative estimate of drug-likeness (QED) is 0.665. The Morgan fingerprint density at radius 1 is 1.18 bits per heavy atom. The molecule has 0 spiro atoms. The molecule has 0 atom stereocenters. The van der Waals surface area contributed by atoms with Gasteiger partial charge in [0.2, 0.25) is 0 Å². The lowest BCUT2D eigenvalue weighted by molar-refractivity contribution is 0.751. The van der Waals surface area contributed by atoms with Crippen molar-refractivity contribution in [1.29, 1.82) is 0 Å². The molecule has 0 bridgehead atoms. The molecule has 5 nitrogen and oxygen atoms in total. The van der Waals surface area contributed by atoms with Crippen molar-refractivity contribution in [1.82, 2.24) is 25.0 Å². The van der Waals surface area contributed by atoms with E-state index in [1.807, 2.05) is 41.9 Å². The van der Waals surface area contributed by atoms with Crippen molar-refractivity contribution in [2.75, 3.05) is 0 Å². The first-order valence-corrected chi connectivity index (χ1v) is 8.88. The predicted molar refractivity (Wildman–Crippen MR) is 89.7 cm³/mol. The molecule has 0 radical (unpaired) electrons. The van der Waals surface area contributed by atoms with Gasteiger partial charge >= 0.3 is 0 Å². The highest BCUT2D eigenvalue weighted by Crippen LogP contribution is 2.26. The molecule has 0 aliphatic rings. The van der Waals surface area contributed by atoms with Crippen molar-refractivity contribution in [3.63, 3.8) is 0 Å². The second-order valence-corrected chi connectivity index (χ2v) is 7.57. The SMILES string of the molecule is Cc1nnc(SCc2nc(C(C)C)nn2-c2ccccc2)s1. The molecule has 0 amide bonds. The van der Waals surface area contributed by atoms with E-state index in [2.05, 4.69) is 29.1 Å². The summed E-state index contributed by atoms with van der Waals surface area (Å²) >= 11 is 3.25. The van der Waals surface area contributed by atoms with Crippen LogP contribution < -0.4 is 0 Å². The summed E-state index contributed by atoms with van der Waals surface area (Å²) in [7, 11) is 0. The Balaban J connectivity index is 1.88. The van der Waals surface area contributed by atoms with Gasteiger partial charge in [-0.3, -0.25) is 0 Å².